The molecule has 4 aliphatic rings. The lowest BCUT2D eigenvalue weighted by Crippen LogP contribution is -2.51. The molecule has 0 aromatic carbocycles. The Morgan fingerprint density at radius 1 is 1.08 bits per heavy atom. The van der Waals surface area contributed by atoms with Crippen LogP contribution in [0.2, 0.25) is 0 Å². The van der Waals surface area contributed by atoms with Crippen molar-refractivity contribution in [2.75, 3.05) is 27.2 Å². The number of amides is 1. The lowest BCUT2D eigenvalue weighted by atomic mass is 9.47. The van der Waals surface area contributed by atoms with Crippen molar-refractivity contribution in [2.45, 2.75) is 125 Å². The molecule has 39 heavy (non-hydrogen) atoms. The zero-order valence-corrected chi connectivity index (χ0v) is 26.9. The van der Waals surface area contributed by atoms with Crippen LogP contribution in [-0.4, -0.2) is 44.3 Å². The van der Waals surface area contributed by atoms with Gasteiger partial charge in [-0.2, -0.15) is 0 Å². The molecule has 4 heteroatoms. The van der Waals surface area contributed by atoms with Crippen molar-refractivity contribution in [3.8, 4) is 0 Å². The van der Waals surface area contributed by atoms with E-state index in [1.807, 2.05) is 0 Å². The summed E-state index contributed by atoms with van der Waals surface area (Å²) in [7, 11) is 4.13. The van der Waals surface area contributed by atoms with Gasteiger partial charge in [0.05, 0.1) is 0 Å². The van der Waals surface area contributed by atoms with Crippen molar-refractivity contribution in [3.05, 3.63) is 11.6 Å². The fraction of sp³-hybridized carbons (Fsp3) is 0.914. The second-order valence-corrected chi connectivity index (χ2v) is 15.3. The van der Waals surface area contributed by atoms with Gasteiger partial charge in [-0.05, 0) is 131 Å². The highest BCUT2D eigenvalue weighted by Crippen LogP contribution is 2.67. The first kappa shape index (κ1) is 30.9. The minimum absolute atomic E-state index is 0.0399. The summed E-state index contributed by atoms with van der Waals surface area (Å²) >= 11 is 0. The summed E-state index contributed by atoms with van der Waals surface area (Å²) in [6, 6.07) is 0. The van der Waals surface area contributed by atoms with Gasteiger partial charge in [-0.1, -0.05) is 66.0 Å². The van der Waals surface area contributed by atoms with E-state index in [2.05, 4.69) is 71.9 Å². The third kappa shape index (κ3) is 6.57. The molecule has 4 nitrogen and oxygen atoms in total. The average Bonchev–Trinajstić information content (AvgIpc) is 3.24. The first-order chi connectivity index (χ1) is 18.5. The second kappa shape index (κ2) is 12.9. The largest absolute Gasteiger partial charge is 0.446 e. The summed E-state index contributed by atoms with van der Waals surface area (Å²) in [5, 5.41) is 2.97. The maximum Gasteiger partial charge on any atom is 0.407 e. The van der Waals surface area contributed by atoms with Crippen LogP contribution in [0.3, 0.4) is 0 Å². The van der Waals surface area contributed by atoms with Crippen molar-refractivity contribution < 1.29 is 9.53 Å². The first-order valence-electron chi connectivity index (χ1n) is 16.8. The van der Waals surface area contributed by atoms with Crippen molar-refractivity contribution in [1.29, 1.82) is 0 Å². The monoisotopic (exact) mass is 542 g/mol. The molecule has 3 fully saturated rings. The van der Waals surface area contributed by atoms with Crippen molar-refractivity contribution in [1.82, 2.24) is 10.2 Å². The van der Waals surface area contributed by atoms with E-state index in [1.54, 1.807) is 5.57 Å². The highest BCUT2D eigenvalue weighted by Gasteiger charge is 2.59. The Morgan fingerprint density at radius 3 is 2.54 bits per heavy atom. The molecule has 0 radical (unpaired) electrons. The lowest BCUT2D eigenvalue weighted by molar-refractivity contribution is -0.0583. The molecule has 0 aliphatic heterocycles. The maximum absolute atomic E-state index is 12.4. The smallest absolute Gasteiger partial charge is 0.407 e. The quantitative estimate of drug-likeness (QED) is 0.210. The number of hydrogen-bond acceptors (Lipinski definition) is 3. The third-order valence-electron chi connectivity index (χ3n) is 12.6. The van der Waals surface area contributed by atoms with Crippen molar-refractivity contribution in [3.63, 3.8) is 0 Å². The minimum Gasteiger partial charge on any atom is -0.446 e. The number of nitrogens with zero attached hydrogens (tertiary/aromatic N) is 1. The van der Waals surface area contributed by atoms with Gasteiger partial charge >= 0.3 is 6.09 Å². The number of fused-ring (bicyclic) bond motifs is 5. The van der Waals surface area contributed by atoms with Crippen LogP contribution in [-0.2, 0) is 4.74 Å². The standard InChI is InChI=1S/C35H62N2O2/c1-9-26(24(2)3)12-11-25(4)30-15-16-31-29-14-13-27-23-28(39-33(38)36-21-10-22-37(7)8)17-19-34(27,5)32(29)18-20-35(30,31)6/h13,24-26,28-32H,9-12,14-23H2,1-8H3,(H,36,38)/t25-,26-,28+,29+,30-,31+,32+,34+,35-/m1/s1. The molecule has 4 rings (SSSR count). The molecule has 1 amide bonds. The van der Waals surface area contributed by atoms with E-state index in [4.69, 9.17) is 4.74 Å². The van der Waals surface area contributed by atoms with E-state index in [0.717, 1.165) is 67.2 Å². The number of alkyl carbamates (subject to hydrolysis) is 1. The zero-order chi connectivity index (χ0) is 28.4. The Kier molecular flexibility index (Phi) is 10.2. The summed E-state index contributed by atoms with van der Waals surface area (Å²) < 4.78 is 5.91. The fourth-order valence-electron chi connectivity index (χ4n) is 10.2. The Balaban J connectivity index is 1.35. The van der Waals surface area contributed by atoms with Gasteiger partial charge in [0.1, 0.15) is 6.10 Å². The number of hydrogen-bond donors (Lipinski definition) is 1. The van der Waals surface area contributed by atoms with Gasteiger partial charge in [0, 0.05) is 13.0 Å². The van der Waals surface area contributed by atoms with Crippen LogP contribution in [0.1, 0.15) is 119 Å². The number of allylic oxidation sites excluding steroid dienone is 1. The van der Waals surface area contributed by atoms with Crippen LogP contribution in [0, 0.1) is 52.3 Å². The molecule has 9 atom stereocenters. The molecule has 0 unspecified atom stereocenters. The van der Waals surface area contributed by atoms with Crippen molar-refractivity contribution in [2.24, 2.45) is 52.3 Å². The van der Waals surface area contributed by atoms with Gasteiger partial charge in [0.2, 0.25) is 0 Å². The van der Waals surface area contributed by atoms with Crippen LogP contribution >= 0.6 is 0 Å². The molecular weight excluding hydrogens is 480 g/mol. The van der Waals surface area contributed by atoms with E-state index in [0.29, 0.717) is 17.4 Å². The summed E-state index contributed by atoms with van der Waals surface area (Å²) in [6.45, 7) is 16.8. The van der Waals surface area contributed by atoms with Crippen LogP contribution in [0.5, 0.6) is 0 Å². The summed E-state index contributed by atoms with van der Waals surface area (Å²) in [5.41, 5.74) is 2.44. The first-order valence-corrected chi connectivity index (χ1v) is 16.8. The van der Waals surface area contributed by atoms with Crippen LogP contribution < -0.4 is 5.32 Å². The highest BCUT2D eigenvalue weighted by molar-refractivity contribution is 5.67. The van der Waals surface area contributed by atoms with Gasteiger partial charge in [0.15, 0.2) is 0 Å². The predicted molar refractivity (Wildman–Crippen MR) is 164 cm³/mol. The summed E-state index contributed by atoms with van der Waals surface area (Å²) in [5.74, 6) is 6.04. The molecule has 0 bridgehead atoms. The number of carbonyl (C=O) groups excluding carboxylic acids is 1. The zero-order valence-electron chi connectivity index (χ0n) is 26.9. The summed E-state index contributed by atoms with van der Waals surface area (Å²) in [4.78, 5) is 14.6. The third-order valence-corrected chi connectivity index (χ3v) is 12.6. The number of ether oxygens (including phenoxy) is 1. The molecule has 0 saturated heterocycles. The minimum atomic E-state index is -0.227. The molecule has 3 saturated carbocycles. The van der Waals surface area contributed by atoms with E-state index in [9.17, 15) is 4.79 Å². The number of rotatable bonds is 11. The highest BCUT2D eigenvalue weighted by atomic mass is 16.6. The molecular formula is C35H62N2O2. The molecule has 4 aliphatic carbocycles. The lowest BCUT2D eigenvalue weighted by Gasteiger charge is -2.58. The topological polar surface area (TPSA) is 41.6 Å². The normalized spacial score (nSPS) is 37.5. The molecule has 1 N–H and O–H groups in total. The van der Waals surface area contributed by atoms with Crippen LogP contribution in [0.15, 0.2) is 11.6 Å². The Labute approximate surface area is 241 Å². The molecule has 0 heterocycles. The van der Waals surface area contributed by atoms with E-state index in [-0.39, 0.29) is 12.2 Å². The number of carbonyl (C=O) groups is 1. The fourth-order valence-corrected chi connectivity index (χ4v) is 10.2. The molecule has 224 valence electrons. The van der Waals surface area contributed by atoms with Gasteiger partial charge in [-0.3, -0.25) is 0 Å². The average molecular weight is 543 g/mol. The van der Waals surface area contributed by atoms with Gasteiger partial charge in [-0.25, -0.2) is 4.79 Å². The molecule has 0 aromatic rings. The summed E-state index contributed by atoms with van der Waals surface area (Å²) in [6.07, 6.45) is 17.7. The Bertz CT molecular complexity index is 852. The van der Waals surface area contributed by atoms with Gasteiger partial charge < -0.3 is 15.0 Å². The SMILES string of the molecule is CC[C@H](CC[C@@H](C)[C@H]1CC[C@H]2[C@@H]3CC=C4C[C@@H](OC(=O)NCCCN(C)C)CC[C@]4(C)[C@H]3CC[C@]12C)C(C)C. The van der Waals surface area contributed by atoms with E-state index < -0.39 is 0 Å². The predicted octanol–water partition coefficient (Wildman–Crippen LogP) is 8.71. The van der Waals surface area contributed by atoms with Gasteiger partial charge in [-0.15, -0.1) is 0 Å². The molecule has 0 aromatic heterocycles. The molecule has 0 spiro atoms. The van der Waals surface area contributed by atoms with Crippen LogP contribution in [0.25, 0.3) is 0 Å². The van der Waals surface area contributed by atoms with E-state index in [1.165, 1.54) is 57.8 Å². The van der Waals surface area contributed by atoms with Crippen LogP contribution in [0.4, 0.5) is 4.79 Å². The number of nitrogens with one attached hydrogen (secondary N) is 1. The second-order valence-electron chi connectivity index (χ2n) is 15.3. The Hall–Kier alpha value is -1.03. The van der Waals surface area contributed by atoms with Crippen molar-refractivity contribution >= 4 is 6.09 Å². The van der Waals surface area contributed by atoms with Gasteiger partial charge in [0.25, 0.3) is 0 Å². The Morgan fingerprint density at radius 2 is 1.85 bits per heavy atom. The maximum atomic E-state index is 12.4. The van der Waals surface area contributed by atoms with E-state index >= 15 is 0 Å².